The topological polar surface area (TPSA) is 86.2 Å². The molecule has 3 N–H and O–H groups in total. The van der Waals surface area contributed by atoms with Crippen LogP contribution in [0.15, 0.2) is 55.1 Å². The van der Waals surface area contributed by atoms with E-state index in [2.05, 4.69) is 38.8 Å². The van der Waals surface area contributed by atoms with Gasteiger partial charge >= 0.3 is 0 Å². The van der Waals surface area contributed by atoms with E-state index in [0.29, 0.717) is 18.2 Å². The number of imidazole rings is 1. The molecule has 30 heavy (non-hydrogen) atoms. The van der Waals surface area contributed by atoms with Crippen molar-refractivity contribution >= 4 is 5.69 Å². The number of nitrogens with two attached hydrogens (primary N) is 1. The molecule has 1 aliphatic carbocycles. The third kappa shape index (κ3) is 3.73. The number of hydrogen-bond acceptors (Lipinski definition) is 5. The first-order valence-electron chi connectivity index (χ1n) is 10.8. The monoisotopic (exact) mass is 404 g/mol. The largest absolute Gasteiger partial charge is 0.397 e. The van der Waals surface area contributed by atoms with Gasteiger partial charge in [-0.15, -0.1) is 0 Å². The summed E-state index contributed by atoms with van der Waals surface area (Å²) >= 11 is 0. The number of anilines is 1. The molecule has 1 aromatic carbocycles. The summed E-state index contributed by atoms with van der Waals surface area (Å²) in [5.41, 5.74) is 10.9. The van der Waals surface area contributed by atoms with E-state index in [4.69, 9.17) is 10.5 Å². The maximum atomic E-state index is 11.0. The number of nitrogens with zero attached hydrogens (tertiary/aromatic N) is 3. The first-order chi connectivity index (χ1) is 14.7. The first-order valence-corrected chi connectivity index (χ1v) is 10.8. The Morgan fingerprint density at radius 2 is 1.93 bits per heavy atom. The Morgan fingerprint density at radius 3 is 2.73 bits per heavy atom. The SMILES string of the molecule is Nc1ccc(COC2CCC(C(O)CC3c4ccccc4-c4cncn43)CC2)nc1. The molecule has 1 fully saturated rings. The summed E-state index contributed by atoms with van der Waals surface area (Å²) in [5, 5.41) is 11.0. The second-order valence-corrected chi connectivity index (χ2v) is 8.52. The van der Waals surface area contributed by atoms with Crippen LogP contribution in [0.1, 0.15) is 49.4 Å². The number of aliphatic hydroxyl groups excluding tert-OH is 1. The minimum absolute atomic E-state index is 0.166. The highest BCUT2D eigenvalue weighted by Gasteiger charge is 2.33. The zero-order valence-electron chi connectivity index (χ0n) is 17.0. The molecule has 3 aromatic rings. The number of nitrogen functional groups attached to an aromatic ring is 1. The number of benzene rings is 1. The predicted molar refractivity (Wildman–Crippen MR) is 116 cm³/mol. The lowest BCUT2D eigenvalue weighted by Gasteiger charge is -2.32. The van der Waals surface area contributed by atoms with Crippen LogP contribution in [0, 0.1) is 5.92 Å². The quantitative estimate of drug-likeness (QED) is 0.649. The van der Waals surface area contributed by atoms with Crippen molar-refractivity contribution in [2.75, 3.05) is 5.73 Å². The van der Waals surface area contributed by atoms with Crippen LogP contribution in [0.3, 0.4) is 0 Å². The first kappa shape index (κ1) is 19.3. The van der Waals surface area contributed by atoms with Crippen molar-refractivity contribution in [2.45, 2.75) is 57.0 Å². The molecule has 2 aliphatic rings. The van der Waals surface area contributed by atoms with Gasteiger partial charge in [-0.1, -0.05) is 24.3 Å². The van der Waals surface area contributed by atoms with Crippen LogP contribution in [0.2, 0.25) is 0 Å². The average Bonchev–Trinajstić information content (AvgIpc) is 3.36. The van der Waals surface area contributed by atoms with Crippen LogP contribution in [-0.2, 0) is 11.3 Å². The molecule has 0 spiro atoms. The molecule has 0 radical (unpaired) electrons. The highest BCUT2D eigenvalue weighted by atomic mass is 16.5. The lowest BCUT2D eigenvalue weighted by Crippen LogP contribution is -2.30. The molecule has 1 saturated carbocycles. The fraction of sp³-hybridized carbons (Fsp3) is 0.417. The fourth-order valence-corrected chi connectivity index (χ4v) is 4.96. The zero-order valence-corrected chi connectivity index (χ0v) is 17.0. The molecule has 0 saturated heterocycles. The smallest absolute Gasteiger partial charge is 0.0956 e. The van der Waals surface area contributed by atoms with Crippen molar-refractivity contribution < 1.29 is 9.84 Å². The van der Waals surface area contributed by atoms with E-state index in [1.165, 1.54) is 11.1 Å². The number of aromatic nitrogens is 3. The average molecular weight is 405 g/mol. The molecule has 2 unspecified atom stereocenters. The van der Waals surface area contributed by atoms with Gasteiger partial charge in [0.2, 0.25) is 0 Å². The molecule has 6 nitrogen and oxygen atoms in total. The van der Waals surface area contributed by atoms with Gasteiger partial charge in [-0.3, -0.25) is 4.98 Å². The molecule has 2 atom stereocenters. The third-order valence-electron chi connectivity index (χ3n) is 6.64. The van der Waals surface area contributed by atoms with E-state index < -0.39 is 0 Å². The van der Waals surface area contributed by atoms with Gasteiger partial charge in [0.1, 0.15) is 0 Å². The second kappa shape index (κ2) is 8.20. The predicted octanol–water partition coefficient (Wildman–Crippen LogP) is 3.96. The molecule has 6 heteroatoms. The molecule has 1 aliphatic heterocycles. The van der Waals surface area contributed by atoms with Gasteiger partial charge in [0.15, 0.2) is 0 Å². The number of hydrogen-bond donors (Lipinski definition) is 2. The van der Waals surface area contributed by atoms with E-state index in [-0.39, 0.29) is 18.2 Å². The summed E-state index contributed by atoms with van der Waals surface area (Å²) < 4.78 is 8.27. The van der Waals surface area contributed by atoms with Gasteiger partial charge < -0.3 is 20.1 Å². The maximum absolute atomic E-state index is 11.0. The highest BCUT2D eigenvalue weighted by Crippen LogP contribution is 2.42. The fourth-order valence-electron chi connectivity index (χ4n) is 4.96. The summed E-state index contributed by atoms with van der Waals surface area (Å²) in [7, 11) is 0. The molecule has 0 amide bonds. The standard InChI is InChI=1S/C24H28N4O2/c25-17-7-8-18(27-12-17)14-30-19-9-5-16(6-10-19)24(29)11-22-20-3-1-2-4-21(20)23-13-26-15-28(22)23/h1-4,7-8,12-13,15-16,19,22,24,29H,5-6,9-11,14,25H2. The highest BCUT2D eigenvalue weighted by molar-refractivity contribution is 5.68. The summed E-state index contributed by atoms with van der Waals surface area (Å²) in [4.78, 5) is 8.62. The normalized spacial score (nSPS) is 23.7. The lowest BCUT2D eigenvalue weighted by molar-refractivity contribution is -0.0170. The Morgan fingerprint density at radius 1 is 1.10 bits per heavy atom. The van der Waals surface area contributed by atoms with E-state index in [1.54, 1.807) is 6.20 Å². The molecular formula is C24H28N4O2. The minimum atomic E-state index is -0.323. The lowest BCUT2D eigenvalue weighted by atomic mass is 9.81. The molecule has 2 aromatic heterocycles. The van der Waals surface area contributed by atoms with Crippen molar-refractivity contribution in [1.29, 1.82) is 0 Å². The van der Waals surface area contributed by atoms with Crippen molar-refractivity contribution in [3.05, 3.63) is 66.4 Å². The minimum Gasteiger partial charge on any atom is -0.397 e. The van der Waals surface area contributed by atoms with Crippen molar-refractivity contribution in [3.8, 4) is 11.3 Å². The van der Waals surface area contributed by atoms with E-state index in [1.807, 2.05) is 24.7 Å². The van der Waals surface area contributed by atoms with Crippen molar-refractivity contribution in [3.63, 3.8) is 0 Å². The van der Waals surface area contributed by atoms with Crippen molar-refractivity contribution in [2.24, 2.45) is 5.92 Å². The summed E-state index contributed by atoms with van der Waals surface area (Å²) in [6, 6.07) is 12.4. The third-order valence-corrected chi connectivity index (χ3v) is 6.64. The van der Waals surface area contributed by atoms with E-state index >= 15 is 0 Å². The number of pyridine rings is 1. The zero-order chi connectivity index (χ0) is 20.5. The van der Waals surface area contributed by atoms with Gasteiger partial charge in [0.25, 0.3) is 0 Å². The Kier molecular flexibility index (Phi) is 5.27. The van der Waals surface area contributed by atoms with Gasteiger partial charge in [-0.2, -0.15) is 0 Å². The number of fused-ring (bicyclic) bond motifs is 3. The van der Waals surface area contributed by atoms with Crippen LogP contribution in [0.25, 0.3) is 11.3 Å². The van der Waals surface area contributed by atoms with E-state index in [9.17, 15) is 5.11 Å². The molecule has 156 valence electrons. The Bertz CT molecular complexity index is 992. The Labute approximate surface area is 176 Å². The summed E-state index contributed by atoms with van der Waals surface area (Å²) in [5.74, 6) is 0.319. The van der Waals surface area contributed by atoms with Crippen LogP contribution in [0.5, 0.6) is 0 Å². The van der Waals surface area contributed by atoms with Crippen LogP contribution < -0.4 is 5.73 Å². The van der Waals surface area contributed by atoms with Gasteiger partial charge in [0, 0.05) is 5.56 Å². The molecule has 0 bridgehead atoms. The molecule has 3 heterocycles. The molecule has 5 rings (SSSR count). The number of aliphatic hydroxyl groups is 1. The van der Waals surface area contributed by atoms with Gasteiger partial charge in [-0.05, 0) is 55.7 Å². The Balaban J connectivity index is 1.16. The maximum Gasteiger partial charge on any atom is 0.0956 e. The van der Waals surface area contributed by atoms with Crippen molar-refractivity contribution in [1.82, 2.24) is 14.5 Å². The number of ether oxygens (including phenoxy) is 1. The number of rotatable bonds is 6. The Hall–Kier alpha value is -2.70. The summed E-state index contributed by atoms with van der Waals surface area (Å²) in [6.45, 7) is 0.514. The van der Waals surface area contributed by atoms with Crippen LogP contribution >= 0.6 is 0 Å². The van der Waals surface area contributed by atoms with Gasteiger partial charge in [0.05, 0.1) is 60.7 Å². The molecular weight excluding hydrogens is 376 g/mol. The second-order valence-electron chi connectivity index (χ2n) is 8.52. The van der Waals surface area contributed by atoms with Crippen LogP contribution in [-0.4, -0.2) is 31.8 Å². The van der Waals surface area contributed by atoms with Gasteiger partial charge in [-0.25, -0.2) is 4.98 Å². The summed E-state index contributed by atoms with van der Waals surface area (Å²) in [6.07, 6.45) is 10.1. The van der Waals surface area contributed by atoms with Crippen LogP contribution in [0.4, 0.5) is 5.69 Å². The van der Waals surface area contributed by atoms with E-state index in [0.717, 1.165) is 43.5 Å².